The lowest BCUT2D eigenvalue weighted by Crippen LogP contribution is -2.52. The van der Waals surface area contributed by atoms with Crippen LogP contribution < -0.4 is 10.1 Å². The van der Waals surface area contributed by atoms with Crippen molar-refractivity contribution in [1.29, 1.82) is 0 Å². The Hall–Kier alpha value is -2.82. The predicted molar refractivity (Wildman–Crippen MR) is 86.1 cm³/mol. The van der Waals surface area contributed by atoms with Gasteiger partial charge in [0, 0.05) is 13.1 Å². The molecule has 2 aromatic rings. The molecule has 0 radical (unpaired) electrons. The minimum absolute atomic E-state index is 0.188. The number of ether oxygens (including phenoxy) is 1. The van der Waals surface area contributed by atoms with Gasteiger partial charge in [0.2, 0.25) is 5.91 Å². The molecule has 2 amide bonds. The molecule has 1 aliphatic rings. The minimum atomic E-state index is -0.667. The summed E-state index contributed by atoms with van der Waals surface area (Å²) >= 11 is 0. The van der Waals surface area contributed by atoms with Crippen molar-refractivity contribution in [1.82, 2.24) is 10.2 Å². The molecular formula is C18H18N2O3. The topological polar surface area (TPSA) is 58.6 Å². The molecule has 0 aromatic heterocycles. The number of carbonyl (C=O) groups excluding carboxylic acids is 2. The Morgan fingerprint density at radius 2 is 1.96 bits per heavy atom. The first-order valence-electron chi connectivity index (χ1n) is 7.53. The van der Waals surface area contributed by atoms with Gasteiger partial charge < -0.3 is 10.1 Å². The summed E-state index contributed by atoms with van der Waals surface area (Å²) in [5.41, 5.74) is 1.82. The average Bonchev–Trinajstić information content (AvgIpc) is 2.55. The van der Waals surface area contributed by atoms with Crippen molar-refractivity contribution in [3.8, 4) is 5.75 Å². The van der Waals surface area contributed by atoms with Crippen LogP contribution in [0.15, 0.2) is 54.6 Å². The number of hydrogen-bond donors (Lipinski definition) is 1. The first-order chi connectivity index (χ1) is 11.1. The molecule has 1 fully saturated rings. The molecule has 1 unspecified atom stereocenters. The summed E-state index contributed by atoms with van der Waals surface area (Å²) in [6.45, 7) is 2.79. The number of para-hydroxylation sites is 1. The third kappa shape index (κ3) is 3.34. The Morgan fingerprint density at radius 1 is 1.17 bits per heavy atom. The second-order valence-corrected chi connectivity index (χ2v) is 5.48. The van der Waals surface area contributed by atoms with E-state index in [9.17, 15) is 9.59 Å². The van der Waals surface area contributed by atoms with Crippen LogP contribution in [-0.4, -0.2) is 30.0 Å². The van der Waals surface area contributed by atoms with Crippen LogP contribution in [0.4, 0.5) is 4.79 Å². The highest BCUT2D eigenvalue weighted by Gasteiger charge is 2.35. The number of piperazine rings is 1. The standard InChI is InChI=1S/C18H18N2O3/c1-13-6-5-7-14(12-13)16-17(21)19-10-11-20(16)18(22)23-15-8-3-2-4-9-15/h2-9,12,16H,10-11H2,1H3,(H,19,21). The van der Waals surface area contributed by atoms with Crippen molar-refractivity contribution in [2.45, 2.75) is 13.0 Å². The van der Waals surface area contributed by atoms with E-state index in [0.29, 0.717) is 18.8 Å². The smallest absolute Gasteiger partial charge is 0.410 e. The van der Waals surface area contributed by atoms with E-state index in [-0.39, 0.29) is 5.91 Å². The summed E-state index contributed by atoms with van der Waals surface area (Å²) < 4.78 is 5.39. The zero-order chi connectivity index (χ0) is 16.2. The Bertz CT molecular complexity index is 715. The Kier molecular flexibility index (Phi) is 4.28. The molecule has 0 spiro atoms. The van der Waals surface area contributed by atoms with Crippen molar-refractivity contribution in [2.75, 3.05) is 13.1 Å². The lowest BCUT2D eigenvalue weighted by atomic mass is 10.0. The summed E-state index contributed by atoms with van der Waals surface area (Å²) in [5, 5.41) is 2.81. The monoisotopic (exact) mass is 310 g/mol. The molecule has 2 aromatic carbocycles. The van der Waals surface area contributed by atoms with Gasteiger partial charge in [-0.2, -0.15) is 0 Å². The molecule has 0 saturated carbocycles. The number of carbonyl (C=O) groups is 2. The number of benzene rings is 2. The zero-order valence-electron chi connectivity index (χ0n) is 12.9. The van der Waals surface area contributed by atoms with E-state index in [1.165, 1.54) is 4.90 Å². The molecule has 0 aliphatic carbocycles. The molecule has 118 valence electrons. The van der Waals surface area contributed by atoms with Crippen LogP contribution in [-0.2, 0) is 4.79 Å². The van der Waals surface area contributed by atoms with Gasteiger partial charge >= 0.3 is 6.09 Å². The highest BCUT2D eigenvalue weighted by Crippen LogP contribution is 2.25. The predicted octanol–water partition coefficient (Wildman–Crippen LogP) is 2.67. The fourth-order valence-corrected chi connectivity index (χ4v) is 2.68. The van der Waals surface area contributed by atoms with E-state index < -0.39 is 12.1 Å². The van der Waals surface area contributed by atoms with Gasteiger partial charge in [-0.3, -0.25) is 9.69 Å². The van der Waals surface area contributed by atoms with Crippen LogP contribution in [0.2, 0.25) is 0 Å². The Balaban J connectivity index is 1.86. The van der Waals surface area contributed by atoms with Crippen LogP contribution in [0.1, 0.15) is 17.2 Å². The second-order valence-electron chi connectivity index (χ2n) is 5.48. The van der Waals surface area contributed by atoms with E-state index in [4.69, 9.17) is 4.74 Å². The van der Waals surface area contributed by atoms with Crippen molar-refractivity contribution in [2.24, 2.45) is 0 Å². The molecule has 1 atom stereocenters. The van der Waals surface area contributed by atoms with Crippen LogP contribution in [0.25, 0.3) is 0 Å². The number of rotatable bonds is 2. The van der Waals surface area contributed by atoms with Crippen LogP contribution in [0, 0.1) is 6.92 Å². The molecule has 1 saturated heterocycles. The lowest BCUT2D eigenvalue weighted by Gasteiger charge is -2.34. The van der Waals surface area contributed by atoms with E-state index >= 15 is 0 Å². The van der Waals surface area contributed by atoms with Crippen molar-refractivity contribution < 1.29 is 14.3 Å². The number of nitrogens with one attached hydrogen (secondary N) is 1. The highest BCUT2D eigenvalue weighted by molar-refractivity contribution is 5.88. The maximum atomic E-state index is 12.5. The van der Waals surface area contributed by atoms with Gasteiger partial charge in [-0.15, -0.1) is 0 Å². The summed E-state index contributed by atoms with van der Waals surface area (Å²) in [6, 6.07) is 15.8. The highest BCUT2D eigenvalue weighted by atomic mass is 16.6. The van der Waals surface area contributed by atoms with Gasteiger partial charge in [0.25, 0.3) is 0 Å². The molecular weight excluding hydrogens is 292 g/mol. The van der Waals surface area contributed by atoms with Crippen LogP contribution in [0.5, 0.6) is 5.75 Å². The largest absolute Gasteiger partial charge is 0.416 e. The number of amides is 2. The summed E-state index contributed by atoms with van der Waals surface area (Å²) in [6.07, 6.45) is -0.516. The number of nitrogens with zero attached hydrogens (tertiary/aromatic N) is 1. The molecule has 0 bridgehead atoms. The molecule has 5 heteroatoms. The van der Waals surface area contributed by atoms with E-state index in [1.54, 1.807) is 24.3 Å². The zero-order valence-corrected chi connectivity index (χ0v) is 12.9. The molecule has 5 nitrogen and oxygen atoms in total. The molecule has 1 aliphatic heterocycles. The van der Waals surface area contributed by atoms with Gasteiger partial charge in [-0.25, -0.2) is 4.79 Å². The van der Waals surface area contributed by atoms with Gasteiger partial charge in [0.05, 0.1) is 0 Å². The van der Waals surface area contributed by atoms with Gasteiger partial charge in [-0.05, 0) is 24.6 Å². The fourth-order valence-electron chi connectivity index (χ4n) is 2.68. The van der Waals surface area contributed by atoms with E-state index in [1.807, 2.05) is 37.3 Å². The summed E-state index contributed by atoms with van der Waals surface area (Å²) in [5.74, 6) is 0.276. The number of hydrogen-bond acceptors (Lipinski definition) is 3. The Labute approximate surface area is 134 Å². The van der Waals surface area contributed by atoms with E-state index in [0.717, 1.165) is 11.1 Å². The normalized spacial score (nSPS) is 17.5. The second kappa shape index (κ2) is 6.52. The van der Waals surface area contributed by atoms with Gasteiger partial charge in [-0.1, -0.05) is 48.0 Å². The molecule has 23 heavy (non-hydrogen) atoms. The third-order valence-corrected chi connectivity index (χ3v) is 3.75. The number of aryl methyl sites for hydroxylation is 1. The lowest BCUT2D eigenvalue weighted by molar-refractivity contribution is -0.128. The van der Waals surface area contributed by atoms with Crippen LogP contribution in [0.3, 0.4) is 0 Å². The first kappa shape index (κ1) is 15.1. The average molecular weight is 310 g/mol. The first-order valence-corrected chi connectivity index (χ1v) is 7.53. The van der Waals surface area contributed by atoms with Gasteiger partial charge in [0.15, 0.2) is 0 Å². The minimum Gasteiger partial charge on any atom is -0.410 e. The van der Waals surface area contributed by atoms with Gasteiger partial charge in [0.1, 0.15) is 11.8 Å². The molecule has 1 N–H and O–H groups in total. The van der Waals surface area contributed by atoms with E-state index in [2.05, 4.69) is 5.32 Å². The fraction of sp³-hybridized carbons (Fsp3) is 0.222. The Morgan fingerprint density at radius 3 is 2.70 bits per heavy atom. The summed E-state index contributed by atoms with van der Waals surface area (Å²) in [7, 11) is 0. The summed E-state index contributed by atoms with van der Waals surface area (Å²) in [4.78, 5) is 26.3. The third-order valence-electron chi connectivity index (χ3n) is 3.75. The molecule has 3 rings (SSSR count). The maximum Gasteiger partial charge on any atom is 0.416 e. The van der Waals surface area contributed by atoms with Crippen LogP contribution >= 0.6 is 0 Å². The van der Waals surface area contributed by atoms with Crippen molar-refractivity contribution in [3.63, 3.8) is 0 Å². The van der Waals surface area contributed by atoms with Crippen molar-refractivity contribution in [3.05, 3.63) is 65.7 Å². The quantitative estimate of drug-likeness (QED) is 0.928. The van der Waals surface area contributed by atoms with Crippen molar-refractivity contribution >= 4 is 12.0 Å². The SMILES string of the molecule is Cc1cccc(C2C(=O)NCCN2C(=O)Oc2ccccc2)c1. The molecule has 1 heterocycles. The maximum absolute atomic E-state index is 12.5.